The van der Waals surface area contributed by atoms with Crippen LogP contribution in [0.5, 0.6) is 0 Å². The number of hydrogen-bond acceptors (Lipinski definition) is 1. The molecule has 2 nitrogen and oxygen atoms in total. The number of hydrogen-bond donors (Lipinski definition) is 1. The number of aryl methyl sites for hydroxylation is 1. The molecule has 2 heteroatoms. The molecule has 0 aliphatic heterocycles. The molecule has 0 aliphatic carbocycles. The molecule has 0 aromatic heterocycles. The number of anilines is 1. The lowest BCUT2D eigenvalue weighted by molar-refractivity contribution is -0.111. The van der Waals surface area contributed by atoms with E-state index in [4.69, 9.17) is 0 Å². The predicted octanol–water partition coefficient (Wildman–Crippen LogP) is 2.37. The molecule has 0 aliphatic rings. The van der Waals surface area contributed by atoms with Gasteiger partial charge in [0.05, 0.1) is 0 Å². The minimum Gasteiger partial charge on any atom is -0.323 e. The molecule has 1 aromatic carbocycles. The highest BCUT2D eigenvalue weighted by molar-refractivity contribution is 5.98. The van der Waals surface area contributed by atoms with Gasteiger partial charge >= 0.3 is 0 Å². The van der Waals surface area contributed by atoms with Gasteiger partial charge in [-0.2, -0.15) is 0 Å². The summed E-state index contributed by atoms with van der Waals surface area (Å²) in [5.41, 5.74) is 1.93. The Balaban J connectivity index is 0.00000144. The lowest BCUT2D eigenvalue weighted by Crippen LogP contribution is -2.06. The lowest BCUT2D eigenvalue weighted by atomic mass is 10.2. The largest absolute Gasteiger partial charge is 0.323 e. The molecule has 0 bridgehead atoms. The SMILES string of the molecule is C=CC(=O)Nc1cccc(C)c1.[HH]. The van der Waals surface area contributed by atoms with Crippen molar-refractivity contribution < 1.29 is 6.22 Å². The van der Waals surface area contributed by atoms with Crippen molar-refractivity contribution in [1.29, 1.82) is 0 Å². The zero-order valence-electron chi connectivity index (χ0n) is 7.00. The molecule has 0 atom stereocenters. The number of amides is 1. The Kier molecular flexibility index (Phi) is 2.64. The summed E-state index contributed by atoms with van der Waals surface area (Å²) in [6, 6.07) is 7.62. The van der Waals surface area contributed by atoms with Crippen LogP contribution in [0.3, 0.4) is 0 Å². The molecule has 1 aromatic rings. The highest BCUT2D eigenvalue weighted by Crippen LogP contribution is 2.08. The summed E-state index contributed by atoms with van der Waals surface area (Å²) in [6.45, 7) is 5.34. The summed E-state index contributed by atoms with van der Waals surface area (Å²) in [7, 11) is 0. The van der Waals surface area contributed by atoms with Gasteiger partial charge in [0.1, 0.15) is 0 Å². The van der Waals surface area contributed by atoms with Crippen molar-refractivity contribution in [2.75, 3.05) is 5.32 Å². The standard InChI is InChI=1S/C10H11NO.H2/c1-3-10(12)11-9-6-4-5-8(2)7-9;/h3-7H,1H2,2H3,(H,11,12);1H. The molecule has 12 heavy (non-hydrogen) atoms. The van der Waals surface area contributed by atoms with Crippen LogP contribution >= 0.6 is 0 Å². The Morgan fingerprint density at radius 1 is 1.67 bits per heavy atom. The van der Waals surface area contributed by atoms with Gasteiger partial charge < -0.3 is 5.32 Å². The van der Waals surface area contributed by atoms with Crippen LogP contribution in [-0.4, -0.2) is 5.91 Å². The second kappa shape index (κ2) is 3.72. The monoisotopic (exact) mass is 163 g/mol. The minimum atomic E-state index is -0.180. The first-order chi connectivity index (χ1) is 5.72. The molecule has 0 heterocycles. The maximum Gasteiger partial charge on any atom is 0.247 e. The molecule has 0 saturated carbocycles. The highest BCUT2D eigenvalue weighted by Gasteiger charge is 1.95. The molecule has 1 amide bonds. The van der Waals surface area contributed by atoms with E-state index in [0.717, 1.165) is 11.3 Å². The Morgan fingerprint density at radius 3 is 3.00 bits per heavy atom. The fraction of sp³-hybridized carbons (Fsp3) is 0.100. The molecule has 0 fully saturated rings. The van der Waals surface area contributed by atoms with E-state index in [1.807, 2.05) is 31.2 Å². The number of carbonyl (C=O) groups excluding carboxylic acids is 1. The second-order valence-corrected chi connectivity index (χ2v) is 2.56. The van der Waals surface area contributed by atoms with Gasteiger partial charge in [-0.1, -0.05) is 18.7 Å². The smallest absolute Gasteiger partial charge is 0.247 e. The Labute approximate surface area is 73.4 Å². The average molecular weight is 163 g/mol. The maximum atomic E-state index is 10.9. The van der Waals surface area contributed by atoms with Gasteiger partial charge in [-0.3, -0.25) is 4.79 Å². The molecule has 64 valence electrons. The van der Waals surface area contributed by atoms with E-state index in [-0.39, 0.29) is 7.33 Å². The lowest BCUT2D eigenvalue weighted by Gasteiger charge is -2.01. The average Bonchev–Trinajstić information content (AvgIpc) is 2.04. The normalized spacial score (nSPS) is 9.08. The Hall–Kier alpha value is -1.57. The number of benzene rings is 1. The number of rotatable bonds is 2. The van der Waals surface area contributed by atoms with Crippen molar-refractivity contribution in [3.63, 3.8) is 0 Å². The van der Waals surface area contributed by atoms with Crippen LogP contribution in [0.15, 0.2) is 36.9 Å². The van der Waals surface area contributed by atoms with E-state index in [1.54, 1.807) is 0 Å². The van der Waals surface area contributed by atoms with Crippen LogP contribution in [-0.2, 0) is 4.79 Å². The summed E-state index contributed by atoms with van der Waals surface area (Å²) in [5.74, 6) is -0.180. The summed E-state index contributed by atoms with van der Waals surface area (Å²) in [4.78, 5) is 10.9. The number of nitrogens with one attached hydrogen (secondary N) is 1. The van der Waals surface area contributed by atoms with E-state index in [0.29, 0.717) is 0 Å². The van der Waals surface area contributed by atoms with Crippen molar-refractivity contribution in [2.24, 2.45) is 0 Å². The quantitative estimate of drug-likeness (QED) is 0.666. The van der Waals surface area contributed by atoms with E-state index < -0.39 is 0 Å². The number of carbonyl (C=O) groups is 1. The summed E-state index contributed by atoms with van der Waals surface area (Å²) >= 11 is 0. The van der Waals surface area contributed by atoms with Crippen LogP contribution in [0.25, 0.3) is 0 Å². The van der Waals surface area contributed by atoms with Crippen LogP contribution < -0.4 is 5.32 Å². The zero-order valence-corrected chi connectivity index (χ0v) is 7.00. The van der Waals surface area contributed by atoms with E-state index in [9.17, 15) is 4.79 Å². The van der Waals surface area contributed by atoms with Gasteiger partial charge in [0.15, 0.2) is 0 Å². The van der Waals surface area contributed by atoms with E-state index in [1.165, 1.54) is 6.08 Å². The van der Waals surface area contributed by atoms with Gasteiger partial charge in [0, 0.05) is 7.11 Å². The zero-order chi connectivity index (χ0) is 8.97. The molecular formula is C10H13NO. The third-order valence-electron chi connectivity index (χ3n) is 1.47. The highest BCUT2D eigenvalue weighted by atomic mass is 16.1. The first kappa shape index (κ1) is 8.53. The third kappa shape index (κ3) is 2.23. The fourth-order valence-electron chi connectivity index (χ4n) is 0.916. The van der Waals surface area contributed by atoms with Crippen LogP contribution in [0.2, 0.25) is 0 Å². The van der Waals surface area contributed by atoms with E-state index in [2.05, 4.69) is 11.9 Å². The second-order valence-electron chi connectivity index (χ2n) is 2.56. The topological polar surface area (TPSA) is 29.1 Å². The summed E-state index contributed by atoms with van der Waals surface area (Å²) in [6.07, 6.45) is 1.25. The third-order valence-corrected chi connectivity index (χ3v) is 1.47. The van der Waals surface area contributed by atoms with Crippen molar-refractivity contribution in [1.82, 2.24) is 0 Å². The van der Waals surface area contributed by atoms with Crippen molar-refractivity contribution >= 4 is 11.6 Å². The molecule has 0 saturated heterocycles. The Bertz CT molecular complexity index is 310. The summed E-state index contributed by atoms with van der Waals surface area (Å²) in [5, 5.41) is 2.68. The molecule has 1 rings (SSSR count). The van der Waals surface area contributed by atoms with Gasteiger partial charge in [-0.25, -0.2) is 0 Å². The summed E-state index contributed by atoms with van der Waals surface area (Å²) < 4.78 is 0. The van der Waals surface area contributed by atoms with Gasteiger partial charge in [-0.05, 0) is 30.7 Å². The molecule has 0 spiro atoms. The molecule has 1 N–H and O–H groups in total. The first-order valence-corrected chi connectivity index (χ1v) is 3.72. The van der Waals surface area contributed by atoms with Crippen LogP contribution in [0.1, 0.15) is 6.99 Å². The van der Waals surface area contributed by atoms with E-state index >= 15 is 0 Å². The van der Waals surface area contributed by atoms with Crippen molar-refractivity contribution in [3.8, 4) is 0 Å². The molecular weight excluding hydrogens is 150 g/mol. The minimum absolute atomic E-state index is 0. The van der Waals surface area contributed by atoms with Crippen molar-refractivity contribution in [2.45, 2.75) is 6.92 Å². The van der Waals surface area contributed by atoms with Crippen molar-refractivity contribution in [3.05, 3.63) is 42.5 Å². The van der Waals surface area contributed by atoms with Gasteiger partial charge in [0.2, 0.25) is 5.91 Å². The van der Waals surface area contributed by atoms with Gasteiger partial charge in [-0.15, -0.1) is 0 Å². The van der Waals surface area contributed by atoms with Gasteiger partial charge in [0.25, 0.3) is 0 Å². The van der Waals surface area contributed by atoms with Crippen LogP contribution in [0.4, 0.5) is 5.69 Å². The maximum absolute atomic E-state index is 10.9. The Morgan fingerprint density at radius 2 is 2.42 bits per heavy atom. The molecule has 0 radical (unpaired) electrons. The first-order valence-electron chi connectivity index (χ1n) is 3.72. The predicted molar refractivity (Wildman–Crippen MR) is 52.1 cm³/mol. The fourth-order valence-corrected chi connectivity index (χ4v) is 0.916. The molecule has 0 unspecified atom stereocenters. The van der Waals surface area contributed by atoms with Crippen LogP contribution in [0, 0.1) is 6.92 Å².